The molecular formula is C16H22N2O3. The summed E-state index contributed by atoms with van der Waals surface area (Å²) in [6, 6.07) is 7.91. The van der Waals surface area contributed by atoms with Gasteiger partial charge in [-0.05, 0) is 49.9 Å². The zero-order valence-corrected chi connectivity index (χ0v) is 12.2. The van der Waals surface area contributed by atoms with Crippen molar-refractivity contribution in [3.05, 3.63) is 24.3 Å². The Morgan fingerprint density at radius 3 is 2.29 bits per heavy atom. The van der Waals surface area contributed by atoms with Crippen LogP contribution in [-0.4, -0.2) is 30.1 Å². The Labute approximate surface area is 125 Å². The summed E-state index contributed by atoms with van der Waals surface area (Å²) >= 11 is 0. The topological polar surface area (TPSA) is 69.6 Å². The van der Waals surface area contributed by atoms with Gasteiger partial charge in [0.1, 0.15) is 0 Å². The van der Waals surface area contributed by atoms with Gasteiger partial charge in [-0.25, -0.2) is 0 Å². The molecule has 1 aromatic carbocycles. The first-order valence-electron chi connectivity index (χ1n) is 7.52. The van der Waals surface area contributed by atoms with Crippen LogP contribution in [0.15, 0.2) is 24.3 Å². The number of anilines is 2. The van der Waals surface area contributed by atoms with Crippen LogP contribution < -0.4 is 10.2 Å². The van der Waals surface area contributed by atoms with E-state index in [0.717, 1.165) is 18.8 Å². The maximum absolute atomic E-state index is 11.7. The highest BCUT2D eigenvalue weighted by atomic mass is 16.4. The maximum Gasteiger partial charge on any atom is 0.303 e. The molecule has 2 rings (SSSR count). The maximum atomic E-state index is 11.7. The Morgan fingerprint density at radius 1 is 1.05 bits per heavy atom. The van der Waals surface area contributed by atoms with E-state index in [4.69, 9.17) is 5.11 Å². The molecule has 114 valence electrons. The molecule has 1 heterocycles. The van der Waals surface area contributed by atoms with Crippen molar-refractivity contribution in [2.75, 3.05) is 23.3 Å². The van der Waals surface area contributed by atoms with Gasteiger partial charge in [0.25, 0.3) is 0 Å². The fourth-order valence-electron chi connectivity index (χ4n) is 2.52. The molecule has 0 unspecified atom stereocenters. The van der Waals surface area contributed by atoms with Crippen molar-refractivity contribution < 1.29 is 14.7 Å². The molecule has 1 aliphatic heterocycles. The summed E-state index contributed by atoms with van der Waals surface area (Å²) in [5.41, 5.74) is 1.99. The van der Waals surface area contributed by atoms with Crippen molar-refractivity contribution >= 4 is 23.3 Å². The number of amides is 1. The lowest BCUT2D eigenvalue weighted by Crippen LogP contribution is -2.17. The van der Waals surface area contributed by atoms with Crippen molar-refractivity contribution in [3.8, 4) is 0 Å². The Bertz CT molecular complexity index is 479. The largest absolute Gasteiger partial charge is 0.481 e. The molecule has 1 aliphatic rings. The van der Waals surface area contributed by atoms with Gasteiger partial charge in [-0.2, -0.15) is 0 Å². The second-order valence-corrected chi connectivity index (χ2v) is 5.39. The van der Waals surface area contributed by atoms with Crippen molar-refractivity contribution in [2.24, 2.45) is 0 Å². The summed E-state index contributed by atoms with van der Waals surface area (Å²) in [4.78, 5) is 24.4. The van der Waals surface area contributed by atoms with E-state index in [1.54, 1.807) is 0 Å². The zero-order chi connectivity index (χ0) is 15.1. The first-order chi connectivity index (χ1) is 10.1. The molecule has 5 heteroatoms. The van der Waals surface area contributed by atoms with Crippen LogP contribution in [0.1, 0.15) is 38.5 Å². The summed E-state index contributed by atoms with van der Waals surface area (Å²) in [5.74, 6) is -0.873. The van der Waals surface area contributed by atoms with Crippen molar-refractivity contribution in [1.29, 1.82) is 0 Å². The van der Waals surface area contributed by atoms with E-state index in [0.29, 0.717) is 19.3 Å². The van der Waals surface area contributed by atoms with Gasteiger partial charge in [-0.1, -0.05) is 0 Å². The number of carbonyl (C=O) groups is 2. The molecule has 1 aromatic rings. The molecule has 0 bridgehead atoms. The number of carboxylic acid groups (broad SMARTS) is 1. The number of unbranched alkanes of at least 4 members (excludes halogenated alkanes) is 1. The number of carboxylic acids is 1. The zero-order valence-electron chi connectivity index (χ0n) is 12.2. The van der Waals surface area contributed by atoms with Gasteiger partial charge in [0.2, 0.25) is 5.91 Å². The average Bonchev–Trinajstić information content (AvgIpc) is 2.98. The molecule has 21 heavy (non-hydrogen) atoms. The normalized spacial score (nSPS) is 14.2. The monoisotopic (exact) mass is 290 g/mol. The Kier molecular flexibility index (Phi) is 5.60. The van der Waals surface area contributed by atoms with Gasteiger partial charge in [-0.15, -0.1) is 0 Å². The Morgan fingerprint density at radius 2 is 1.67 bits per heavy atom. The SMILES string of the molecule is O=C(O)CCCCC(=O)Nc1ccc(N2CCCC2)cc1. The van der Waals surface area contributed by atoms with Crippen LogP contribution in [0.5, 0.6) is 0 Å². The molecule has 0 radical (unpaired) electrons. The van der Waals surface area contributed by atoms with Crippen LogP contribution in [0, 0.1) is 0 Å². The molecule has 5 nitrogen and oxygen atoms in total. The second kappa shape index (κ2) is 7.67. The third-order valence-corrected chi connectivity index (χ3v) is 3.67. The van der Waals surface area contributed by atoms with Gasteiger partial charge >= 0.3 is 5.97 Å². The van der Waals surface area contributed by atoms with Gasteiger partial charge < -0.3 is 15.3 Å². The number of aliphatic carboxylic acids is 1. The summed E-state index contributed by atoms with van der Waals surface area (Å²) in [6.07, 6.45) is 4.11. The van der Waals surface area contributed by atoms with E-state index < -0.39 is 5.97 Å². The summed E-state index contributed by atoms with van der Waals surface area (Å²) < 4.78 is 0. The van der Waals surface area contributed by atoms with Crippen LogP contribution >= 0.6 is 0 Å². The molecule has 1 saturated heterocycles. The van der Waals surface area contributed by atoms with E-state index in [2.05, 4.69) is 10.2 Å². The summed E-state index contributed by atoms with van der Waals surface area (Å²) in [5, 5.41) is 11.4. The number of rotatable bonds is 7. The average molecular weight is 290 g/mol. The van der Waals surface area contributed by atoms with Crippen LogP contribution in [0.25, 0.3) is 0 Å². The minimum atomic E-state index is -0.812. The molecule has 1 fully saturated rings. The van der Waals surface area contributed by atoms with Crippen LogP contribution in [0.3, 0.4) is 0 Å². The van der Waals surface area contributed by atoms with Gasteiger partial charge in [0.15, 0.2) is 0 Å². The molecule has 0 aliphatic carbocycles. The second-order valence-electron chi connectivity index (χ2n) is 5.39. The van der Waals surface area contributed by atoms with Crippen molar-refractivity contribution in [3.63, 3.8) is 0 Å². The molecule has 0 spiro atoms. The van der Waals surface area contributed by atoms with Gasteiger partial charge in [-0.3, -0.25) is 9.59 Å². The predicted molar refractivity (Wildman–Crippen MR) is 82.6 cm³/mol. The molecule has 0 aromatic heterocycles. The highest BCUT2D eigenvalue weighted by molar-refractivity contribution is 5.90. The standard InChI is InChI=1S/C16H22N2O3/c19-15(5-1-2-6-16(20)21)17-13-7-9-14(10-8-13)18-11-3-4-12-18/h7-10H,1-6,11-12H2,(H,17,19)(H,20,21). The van der Waals surface area contributed by atoms with E-state index in [9.17, 15) is 9.59 Å². The number of benzene rings is 1. The van der Waals surface area contributed by atoms with Crippen LogP contribution in [0.4, 0.5) is 11.4 Å². The lowest BCUT2D eigenvalue weighted by atomic mass is 10.2. The molecule has 0 atom stereocenters. The highest BCUT2D eigenvalue weighted by Crippen LogP contribution is 2.22. The summed E-state index contributed by atoms with van der Waals surface area (Å²) in [6.45, 7) is 2.21. The molecular weight excluding hydrogens is 268 g/mol. The van der Waals surface area contributed by atoms with Crippen molar-refractivity contribution in [2.45, 2.75) is 38.5 Å². The highest BCUT2D eigenvalue weighted by Gasteiger charge is 2.12. The van der Waals surface area contributed by atoms with Crippen LogP contribution in [0.2, 0.25) is 0 Å². The Balaban J connectivity index is 1.74. The van der Waals surface area contributed by atoms with Crippen LogP contribution in [-0.2, 0) is 9.59 Å². The first-order valence-corrected chi connectivity index (χ1v) is 7.52. The minimum absolute atomic E-state index is 0.0608. The molecule has 1 amide bonds. The van der Waals surface area contributed by atoms with E-state index in [1.807, 2.05) is 24.3 Å². The summed E-state index contributed by atoms with van der Waals surface area (Å²) in [7, 11) is 0. The lowest BCUT2D eigenvalue weighted by Gasteiger charge is -2.17. The predicted octanol–water partition coefficient (Wildman–Crippen LogP) is 2.87. The number of carbonyl (C=O) groups excluding carboxylic acids is 1. The number of nitrogens with one attached hydrogen (secondary N) is 1. The quantitative estimate of drug-likeness (QED) is 0.758. The third kappa shape index (κ3) is 5.10. The fourth-order valence-corrected chi connectivity index (χ4v) is 2.52. The lowest BCUT2D eigenvalue weighted by molar-refractivity contribution is -0.137. The smallest absolute Gasteiger partial charge is 0.303 e. The fraction of sp³-hybridized carbons (Fsp3) is 0.500. The first kappa shape index (κ1) is 15.4. The van der Waals surface area contributed by atoms with E-state index >= 15 is 0 Å². The van der Waals surface area contributed by atoms with Crippen molar-refractivity contribution in [1.82, 2.24) is 0 Å². The molecule has 2 N–H and O–H groups in total. The van der Waals surface area contributed by atoms with Gasteiger partial charge in [0, 0.05) is 37.3 Å². The molecule has 0 saturated carbocycles. The third-order valence-electron chi connectivity index (χ3n) is 3.67. The Hall–Kier alpha value is -2.04. The van der Waals surface area contributed by atoms with Gasteiger partial charge in [0.05, 0.1) is 0 Å². The minimum Gasteiger partial charge on any atom is -0.481 e. The number of hydrogen-bond acceptors (Lipinski definition) is 3. The number of hydrogen-bond donors (Lipinski definition) is 2. The van der Waals surface area contributed by atoms with E-state index in [1.165, 1.54) is 18.5 Å². The van der Waals surface area contributed by atoms with E-state index in [-0.39, 0.29) is 12.3 Å². The number of nitrogens with zero attached hydrogens (tertiary/aromatic N) is 1.